The predicted molar refractivity (Wildman–Crippen MR) is 166 cm³/mol. The third kappa shape index (κ3) is 27.0. The molecule has 0 fully saturated rings. The van der Waals surface area contributed by atoms with Crippen LogP contribution in [0.5, 0.6) is 0 Å². The van der Waals surface area contributed by atoms with Crippen LogP contribution in [-0.2, 0) is 4.79 Å². The van der Waals surface area contributed by atoms with E-state index < -0.39 is 12.1 Å². The van der Waals surface area contributed by atoms with E-state index in [1.807, 2.05) is 0 Å². The van der Waals surface area contributed by atoms with Crippen molar-refractivity contribution in [1.29, 1.82) is 0 Å². The summed E-state index contributed by atoms with van der Waals surface area (Å²) < 4.78 is 0. The van der Waals surface area contributed by atoms with Gasteiger partial charge >= 0.3 is 0 Å². The summed E-state index contributed by atoms with van der Waals surface area (Å²) in [5.41, 5.74) is 0. The van der Waals surface area contributed by atoms with Gasteiger partial charge in [-0.3, -0.25) is 4.79 Å². The molecule has 0 aliphatic rings. The third-order valence-corrected chi connectivity index (χ3v) is 8.12. The highest BCUT2D eigenvalue weighted by Gasteiger charge is 2.19. The highest BCUT2D eigenvalue weighted by atomic mass is 16.3. The van der Waals surface area contributed by atoms with Crippen molar-refractivity contribution in [2.45, 2.75) is 206 Å². The summed E-state index contributed by atoms with van der Waals surface area (Å²) in [6.07, 6.45) is 34.3. The van der Waals surface area contributed by atoms with Crippen LogP contribution < -0.4 is 5.32 Å². The lowest BCUT2D eigenvalue weighted by Crippen LogP contribution is -2.45. The van der Waals surface area contributed by atoms with Crippen molar-refractivity contribution in [2.24, 2.45) is 0 Å². The Hall–Kier alpha value is -0.610. The highest BCUT2D eigenvalue weighted by Crippen LogP contribution is 2.15. The molecule has 4 nitrogen and oxygen atoms in total. The van der Waals surface area contributed by atoms with Crippen LogP contribution in [0.4, 0.5) is 0 Å². The van der Waals surface area contributed by atoms with Crippen LogP contribution >= 0.6 is 0 Å². The Labute approximate surface area is 238 Å². The number of nitrogens with one attached hydrogen (secondary N) is 1. The van der Waals surface area contributed by atoms with Crippen molar-refractivity contribution in [3.05, 3.63) is 0 Å². The maximum atomic E-state index is 12.3. The van der Waals surface area contributed by atoms with Crippen LogP contribution in [0.15, 0.2) is 0 Å². The first-order valence-electron chi connectivity index (χ1n) is 17.2. The van der Waals surface area contributed by atoms with Gasteiger partial charge in [0.05, 0.1) is 18.8 Å². The van der Waals surface area contributed by atoms with Gasteiger partial charge in [0.15, 0.2) is 0 Å². The maximum Gasteiger partial charge on any atom is 0.220 e. The van der Waals surface area contributed by atoms with E-state index in [4.69, 9.17) is 0 Å². The van der Waals surface area contributed by atoms with Crippen molar-refractivity contribution >= 4 is 5.91 Å². The summed E-state index contributed by atoms with van der Waals surface area (Å²) in [5, 5.41) is 23.0. The average molecular weight is 540 g/mol. The minimum Gasteiger partial charge on any atom is -0.394 e. The first kappa shape index (κ1) is 37.4. The fourth-order valence-corrected chi connectivity index (χ4v) is 5.42. The van der Waals surface area contributed by atoms with Gasteiger partial charge in [-0.1, -0.05) is 174 Å². The molecule has 1 amide bonds. The van der Waals surface area contributed by atoms with E-state index in [1.54, 1.807) is 0 Å². The number of hydrogen-bond acceptors (Lipinski definition) is 3. The molecular formula is C34H69NO3. The Morgan fingerprint density at radius 2 is 0.842 bits per heavy atom. The van der Waals surface area contributed by atoms with Gasteiger partial charge in [-0.15, -0.1) is 0 Å². The van der Waals surface area contributed by atoms with Crippen LogP contribution in [-0.4, -0.2) is 34.9 Å². The van der Waals surface area contributed by atoms with E-state index >= 15 is 0 Å². The molecule has 0 spiro atoms. The van der Waals surface area contributed by atoms with Gasteiger partial charge in [-0.2, -0.15) is 0 Å². The summed E-state index contributed by atoms with van der Waals surface area (Å²) in [6, 6.07) is -0.526. The molecule has 0 aromatic heterocycles. The van der Waals surface area contributed by atoms with E-state index in [2.05, 4.69) is 19.2 Å². The molecule has 0 saturated heterocycles. The van der Waals surface area contributed by atoms with Crippen LogP contribution in [0, 0.1) is 0 Å². The minimum atomic E-state index is -0.650. The van der Waals surface area contributed by atoms with Gasteiger partial charge in [0, 0.05) is 6.42 Å². The molecule has 0 aromatic carbocycles. The standard InChI is InChI=1S/C34H69NO3/c1-3-5-7-9-11-13-15-17-18-19-21-23-25-27-29-33(37)32(31-36)35-34(38)30-28-26-24-22-20-16-14-12-10-8-6-4-2/h32-33,36-37H,3-31H2,1-2H3,(H,35,38)/t32-,33+/m0/s1. The Balaban J connectivity index is 3.55. The van der Waals surface area contributed by atoms with Crippen LogP contribution in [0.2, 0.25) is 0 Å². The summed E-state index contributed by atoms with van der Waals surface area (Å²) >= 11 is 0. The molecule has 0 aliphatic carbocycles. The van der Waals surface area contributed by atoms with Crippen molar-refractivity contribution < 1.29 is 15.0 Å². The second-order valence-electron chi connectivity index (χ2n) is 11.9. The predicted octanol–water partition coefficient (Wildman–Crippen LogP) is 9.79. The van der Waals surface area contributed by atoms with Crippen LogP contribution in [0.1, 0.15) is 194 Å². The normalized spacial score (nSPS) is 13.1. The van der Waals surface area contributed by atoms with Gasteiger partial charge in [0.1, 0.15) is 0 Å². The van der Waals surface area contributed by atoms with E-state index in [0.717, 1.165) is 25.7 Å². The molecule has 0 saturated carbocycles. The maximum absolute atomic E-state index is 12.3. The van der Waals surface area contributed by atoms with Crippen LogP contribution in [0.25, 0.3) is 0 Å². The lowest BCUT2D eigenvalue weighted by atomic mass is 10.0. The molecule has 3 N–H and O–H groups in total. The average Bonchev–Trinajstić information content (AvgIpc) is 2.92. The Morgan fingerprint density at radius 1 is 0.526 bits per heavy atom. The molecule has 0 rings (SSSR count). The number of unbranched alkanes of at least 4 members (excludes halogenated alkanes) is 24. The molecule has 0 bridgehead atoms. The first-order chi connectivity index (χ1) is 18.7. The molecule has 0 aromatic rings. The smallest absolute Gasteiger partial charge is 0.220 e. The lowest BCUT2D eigenvalue weighted by molar-refractivity contribution is -0.123. The van der Waals surface area contributed by atoms with Gasteiger partial charge in [-0.05, 0) is 12.8 Å². The summed E-state index contributed by atoms with van der Waals surface area (Å²) in [5.74, 6) is -0.0314. The Bertz CT molecular complexity index is 471. The fraction of sp³-hybridized carbons (Fsp3) is 0.971. The number of aliphatic hydroxyl groups is 2. The van der Waals surface area contributed by atoms with E-state index in [0.29, 0.717) is 12.8 Å². The van der Waals surface area contributed by atoms with Crippen molar-refractivity contribution in [3.63, 3.8) is 0 Å². The second-order valence-corrected chi connectivity index (χ2v) is 11.9. The number of carbonyl (C=O) groups excluding carboxylic acids is 1. The molecule has 0 heterocycles. The lowest BCUT2D eigenvalue weighted by Gasteiger charge is -2.22. The largest absolute Gasteiger partial charge is 0.394 e. The summed E-state index contributed by atoms with van der Waals surface area (Å²) in [7, 11) is 0. The van der Waals surface area contributed by atoms with E-state index in [9.17, 15) is 15.0 Å². The van der Waals surface area contributed by atoms with Gasteiger partial charge < -0.3 is 15.5 Å². The number of rotatable bonds is 31. The van der Waals surface area contributed by atoms with E-state index in [-0.39, 0.29) is 12.5 Å². The zero-order valence-electron chi connectivity index (χ0n) is 26.0. The molecular weight excluding hydrogens is 470 g/mol. The summed E-state index contributed by atoms with van der Waals surface area (Å²) in [4.78, 5) is 12.3. The third-order valence-electron chi connectivity index (χ3n) is 8.12. The number of aliphatic hydroxyl groups excluding tert-OH is 2. The quantitative estimate of drug-likeness (QED) is 0.0768. The molecule has 228 valence electrons. The van der Waals surface area contributed by atoms with E-state index in [1.165, 1.54) is 141 Å². The fourth-order valence-electron chi connectivity index (χ4n) is 5.42. The zero-order chi connectivity index (χ0) is 27.9. The van der Waals surface area contributed by atoms with Gasteiger partial charge in [-0.25, -0.2) is 0 Å². The molecule has 0 aliphatic heterocycles. The highest BCUT2D eigenvalue weighted by molar-refractivity contribution is 5.76. The van der Waals surface area contributed by atoms with Crippen molar-refractivity contribution in [1.82, 2.24) is 5.32 Å². The summed E-state index contributed by atoms with van der Waals surface area (Å²) in [6.45, 7) is 4.35. The SMILES string of the molecule is CCCCCCCCCCCCCCCC[C@@H](O)[C@H](CO)NC(=O)CCCCCCCCCCCCCC. The second kappa shape index (κ2) is 30.9. The molecule has 0 radical (unpaired) electrons. The van der Waals surface area contributed by atoms with Gasteiger partial charge in [0.2, 0.25) is 5.91 Å². The number of amides is 1. The topological polar surface area (TPSA) is 69.6 Å². The molecule has 4 heteroatoms. The Kier molecular flexibility index (Phi) is 30.4. The number of carbonyl (C=O) groups is 1. The van der Waals surface area contributed by atoms with Crippen LogP contribution in [0.3, 0.4) is 0 Å². The van der Waals surface area contributed by atoms with Crippen molar-refractivity contribution in [3.8, 4) is 0 Å². The minimum absolute atomic E-state index is 0.0314. The zero-order valence-corrected chi connectivity index (χ0v) is 26.0. The van der Waals surface area contributed by atoms with Crippen molar-refractivity contribution in [2.75, 3.05) is 6.61 Å². The molecule has 0 unspecified atom stereocenters. The molecule has 38 heavy (non-hydrogen) atoms. The number of hydrogen-bond donors (Lipinski definition) is 3. The van der Waals surface area contributed by atoms with Gasteiger partial charge in [0.25, 0.3) is 0 Å². The Morgan fingerprint density at radius 3 is 1.18 bits per heavy atom. The monoisotopic (exact) mass is 540 g/mol. The first-order valence-corrected chi connectivity index (χ1v) is 17.2. The molecule has 2 atom stereocenters.